The predicted molar refractivity (Wildman–Crippen MR) is 108 cm³/mol. The van der Waals surface area contributed by atoms with Gasteiger partial charge in [0.05, 0.1) is 18.8 Å². The highest BCUT2D eigenvalue weighted by Gasteiger charge is 2.33. The third kappa shape index (κ3) is 3.34. The number of aromatic nitrogens is 4. The van der Waals surface area contributed by atoms with E-state index in [0.717, 1.165) is 18.6 Å². The molecule has 2 fully saturated rings. The first-order chi connectivity index (χ1) is 15.1. The minimum Gasteiger partial charge on any atom is -0.395 e. The highest BCUT2D eigenvalue weighted by Crippen LogP contribution is 2.36. The summed E-state index contributed by atoms with van der Waals surface area (Å²) < 4.78 is 29.7. The number of nitrogens with zero attached hydrogens (tertiary/aromatic N) is 7. The van der Waals surface area contributed by atoms with E-state index >= 15 is 0 Å². The molecule has 0 bridgehead atoms. The molecule has 0 unspecified atom stereocenters. The van der Waals surface area contributed by atoms with Crippen LogP contribution in [0.1, 0.15) is 24.4 Å². The fraction of sp³-hybridized carbons (Fsp3) is 0.400. The van der Waals surface area contributed by atoms with Crippen molar-refractivity contribution in [3.8, 4) is 0 Å². The molecule has 9 nitrogen and oxygen atoms in total. The number of benzene rings is 1. The van der Waals surface area contributed by atoms with Gasteiger partial charge in [-0.3, -0.25) is 4.90 Å². The van der Waals surface area contributed by atoms with Gasteiger partial charge in [0.15, 0.2) is 5.65 Å². The molecular formula is C20H21F2N7O2. The number of carbonyl (C=O) groups is 1. The summed E-state index contributed by atoms with van der Waals surface area (Å²) in [5.41, 5.74) is 1.28. The lowest BCUT2D eigenvalue weighted by atomic mass is 10.0. The molecule has 5 rings (SSSR count). The quantitative estimate of drug-likeness (QED) is 0.667. The molecule has 2 amide bonds. The maximum atomic E-state index is 14.4. The van der Waals surface area contributed by atoms with Crippen molar-refractivity contribution >= 4 is 23.3 Å². The molecule has 2 saturated heterocycles. The second kappa shape index (κ2) is 7.73. The van der Waals surface area contributed by atoms with Crippen LogP contribution in [0, 0.1) is 11.6 Å². The summed E-state index contributed by atoms with van der Waals surface area (Å²) >= 11 is 0. The molecule has 3 aromatic rings. The second-order valence-electron chi connectivity index (χ2n) is 7.62. The number of hydrogen-bond acceptors (Lipinski definition) is 6. The second-order valence-corrected chi connectivity index (χ2v) is 7.62. The van der Waals surface area contributed by atoms with Gasteiger partial charge in [0.25, 0.3) is 0 Å². The Morgan fingerprint density at radius 1 is 1.19 bits per heavy atom. The molecule has 2 aliphatic heterocycles. The number of β-amino-alcohol motifs (C(OH)–C–C–N with tert-alkyl or cyclic N) is 1. The van der Waals surface area contributed by atoms with Crippen molar-refractivity contribution in [1.29, 1.82) is 0 Å². The van der Waals surface area contributed by atoms with Crippen LogP contribution < -0.4 is 9.80 Å². The van der Waals surface area contributed by atoms with Crippen LogP contribution in [-0.2, 0) is 0 Å². The number of hydrogen-bond donors (Lipinski definition) is 1. The number of urea groups is 1. The van der Waals surface area contributed by atoms with Crippen molar-refractivity contribution < 1.29 is 18.7 Å². The average Bonchev–Trinajstić information content (AvgIpc) is 3.49. The van der Waals surface area contributed by atoms with Crippen LogP contribution in [0.2, 0.25) is 0 Å². The Hall–Kier alpha value is -3.34. The molecular weight excluding hydrogens is 408 g/mol. The number of amides is 2. The first-order valence-electron chi connectivity index (χ1n) is 10.2. The number of carbonyl (C=O) groups excluding carboxylic acids is 1. The molecule has 0 spiro atoms. The van der Waals surface area contributed by atoms with Crippen molar-refractivity contribution in [3.63, 3.8) is 0 Å². The van der Waals surface area contributed by atoms with Crippen LogP contribution in [-0.4, -0.2) is 68.4 Å². The van der Waals surface area contributed by atoms with Crippen LogP contribution in [0.5, 0.6) is 0 Å². The molecule has 1 aromatic carbocycles. The van der Waals surface area contributed by atoms with Gasteiger partial charge in [-0.25, -0.2) is 23.1 Å². The molecule has 0 aliphatic carbocycles. The molecule has 0 saturated carbocycles. The minimum absolute atomic E-state index is 0.104. The predicted octanol–water partition coefficient (Wildman–Crippen LogP) is 1.98. The fourth-order valence-electron chi connectivity index (χ4n) is 4.33. The van der Waals surface area contributed by atoms with E-state index in [4.69, 9.17) is 5.11 Å². The number of aliphatic hydroxyl groups is 1. The lowest BCUT2D eigenvalue weighted by molar-refractivity contribution is 0.199. The highest BCUT2D eigenvalue weighted by atomic mass is 19.1. The fourth-order valence-corrected chi connectivity index (χ4v) is 4.33. The molecule has 2 aliphatic rings. The third-order valence-corrected chi connectivity index (χ3v) is 5.82. The van der Waals surface area contributed by atoms with E-state index in [-0.39, 0.29) is 30.8 Å². The molecule has 11 heteroatoms. The summed E-state index contributed by atoms with van der Waals surface area (Å²) in [6.07, 6.45) is 4.51. The van der Waals surface area contributed by atoms with E-state index in [0.29, 0.717) is 43.3 Å². The molecule has 0 radical (unpaired) electrons. The van der Waals surface area contributed by atoms with E-state index in [1.165, 1.54) is 16.9 Å². The first-order valence-corrected chi connectivity index (χ1v) is 10.2. The van der Waals surface area contributed by atoms with Crippen LogP contribution >= 0.6 is 0 Å². The largest absolute Gasteiger partial charge is 0.395 e. The van der Waals surface area contributed by atoms with Crippen LogP contribution in [0.25, 0.3) is 5.65 Å². The van der Waals surface area contributed by atoms with Gasteiger partial charge in [-0.2, -0.15) is 10.1 Å². The summed E-state index contributed by atoms with van der Waals surface area (Å²) in [5.74, 6) is -0.576. The smallest absolute Gasteiger partial charge is 0.324 e. The molecule has 31 heavy (non-hydrogen) atoms. The maximum Gasteiger partial charge on any atom is 0.324 e. The monoisotopic (exact) mass is 429 g/mol. The third-order valence-electron chi connectivity index (χ3n) is 5.82. The van der Waals surface area contributed by atoms with Crippen molar-refractivity contribution in [2.24, 2.45) is 0 Å². The van der Waals surface area contributed by atoms with Gasteiger partial charge in [0.2, 0.25) is 5.95 Å². The number of fused-ring (bicyclic) bond motifs is 1. The Morgan fingerprint density at radius 2 is 2.06 bits per heavy atom. The minimum atomic E-state index is -0.488. The van der Waals surface area contributed by atoms with E-state index in [1.807, 2.05) is 4.90 Å². The zero-order valence-electron chi connectivity index (χ0n) is 16.7. The Bertz CT molecular complexity index is 1140. The lowest BCUT2D eigenvalue weighted by Crippen LogP contribution is -2.33. The lowest BCUT2D eigenvalue weighted by Gasteiger charge is -2.25. The molecule has 1 N–H and O–H groups in total. The van der Waals surface area contributed by atoms with Crippen molar-refractivity contribution in [3.05, 3.63) is 47.9 Å². The van der Waals surface area contributed by atoms with Crippen molar-refractivity contribution in [1.82, 2.24) is 24.5 Å². The standard InChI is InChI=1S/C20H21F2N7O2/c21-13-3-4-15(22)14(10-13)16-2-1-5-27(16)19-23-12-29-18(25-19)17(11-24-29)28-7-6-26(8-9-30)20(28)31/h3-4,10-12,16,30H,1-2,5-9H2/t16-/m1/s1. The number of halogens is 2. The summed E-state index contributed by atoms with van der Waals surface area (Å²) in [5, 5.41) is 13.4. The number of aliphatic hydroxyl groups excluding tert-OH is 1. The normalized spacial score (nSPS) is 19.3. The zero-order chi connectivity index (χ0) is 21.5. The molecule has 4 heterocycles. The van der Waals surface area contributed by atoms with Gasteiger partial charge in [-0.15, -0.1) is 0 Å². The Kier molecular flexibility index (Phi) is 4.89. The van der Waals surface area contributed by atoms with Crippen molar-refractivity contribution in [2.75, 3.05) is 42.6 Å². The van der Waals surface area contributed by atoms with E-state index in [9.17, 15) is 13.6 Å². The zero-order valence-corrected chi connectivity index (χ0v) is 16.7. The summed E-state index contributed by atoms with van der Waals surface area (Å²) in [7, 11) is 0. The number of anilines is 2. The molecule has 162 valence electrons. The van der Waals surface area contributed by atoms with Gasteiger partial charge in [-0.1, -0.05) is 0 Å². The van der Waals surface area contributed by atoms with Gasteiger partial charge in [0, 0.05) is 31.7 Å². The van der Waals surface area contributed by atoms with Gasteiger partial charge >= 0.3 is 6.03 Å². The molecule has 1 atom stereocenters. The topological polar surface area (TPSA) is 90.1 Å². The first kappa shape index (κ1) is 19.6. The SMILES string of the molecule is O=C1N(CCO)CCN1c1cnn2cnc(N3CCC[C@@H]3c3cc(F)ccc3F)nc12. The van der Waals surface area contributed by atoms with Gasteiger partial charge < -0.3 is 14.9 Å². The van der Waals surface area contributed by atoms with Crippen LogP contribution in [0.15, 0.2) is 30.7 Å². The Balaban J connectivity index is 1.49. The summed E-state index contributed by atoms with van der Waals surface area (Å²) in [6, 6.07) is 2.87. The summed E-state index contributed by atoms with van der Waals surface area (Å²) in [4.78, 5) is 26.7. The van der Waals surface area contributed by atoms with Crippen LogP contribution in [0.4, 0.5) is 25.2 Å². The molecule has 2 aromatic heterocycles. The van der Waals surface area contributed by atoms with Gasteiger partial charge in [0.1, 0.15) is 23.6 Å². The average molecular weight is 429 g/mol. The Labute approximate surface area is 176 Å². The summed E-state index contributed by atoms with van der Waals surface area (Å²) in [6.45, 7) is 1.73. The highest BCUT2D eigenvalue weighted by molar-refractivity contribution is 5.97. The van der Waals surface area contributed by atoms with E-state index in [2.05, 4.69) is 15.1 Å². The van der Waals surface area contributed by atoms with E-state index < -0.39 is 11.6 Å². The number of rotatable bonds is 5. The van der Waals surface area contributed by atoms with Crippen LogP contribution in [0.3, 0.4) is 0 Å². The Morgan fingerprint density at radius 3 is 2.90 bits per heavy atom. The maximum absolute atomic E-state index is 14.4. The van der Waals surface area contributed by atoms with Gasteiger partial charge in [-0.05, 0) is 31.0 Å². The van der Waals surface area contributed by atoms with E-state index in [1.54, 1.807) is 16.0 Å². The van der Waals surface area contributed by atoms with Crippen molar-refractivity contribution in [2.45, 2.75) is 18.9 Å².